The minimum Gasteiger partial charge on any atom is -0.379 e. The number of aliphatic imine (C=N–C) groups is 1. The molecule has 2 N–H and O–H groups in total. The first-order chi connectivity index (χ1) is 9.97. The Labute approximate surface area is 151 Å². The Kier molecular flexibility index (Phi) is 10.4. The van der Waals surface area contributed by atoms with Gasteiger partial charge in [0.1, 0.15) is 0 Å². The Morgan fingerprint density at radius 2 is 2.09 bits per heavy atom. The van der Waals surface area contributed by atoms with E-state index in [-0.39, 0.29) is 35.5 Å². The van der Waals surface area contributed by atoms with Crippen LogP contribution in [0.15, 0.2) is 23.7 Å². The van der Waals surface area contributed by atoms with Gasteiger partial charge in [0.25, 0.3) is 0 Å². The third-order valence-electron chi connectivity index (χ3n) is 3.23. The fourth-order valence-corrected chi connectivity index (χ4v) is 1.94. The Hall–Kier alpha value is -0.830. The van der Waals surface area contributed by atoms with Gasteiger partial charge in [-0.15, -0.1) is 24.0 Å². The van der Waals surface area contributed by atoms with E-state index in [1.165, 1.54) is 0 Å². The lowest BCUT2D eigenvalue weighted by Crippen LogP contribution is -2.40. The van der Waals surface area contributed by atoms with E-state index in [2.05, 4.69) is 48.3 Å². The van der Waals surface area contributed by atoms with Crippen LogP contribution in [0.4, 0.5) is 0 Å². The van der Waals surface area contributed by atoms with Gasteiger partial charge in [-0.25, -0.2) is 4.98 Å². The summed E-state index contributed by atoms with van der Waals surface area (Å²) in [6.07, 6.45) is 5.64. The van der Waals surface area contributed by atoms with Gasteiger partial charge in [-0.05, 0) is 12.3 Å². The molecule has 1 atom stereocenters. The van der Waals surface area contributed by atoms with Crippen molar-refractivity contribution in [2.24, 2.45) is 10.4 Å². The molecular formula is C15H30IN5O. The largest absolute Gasteiger partial charge is 0.379 e. The van der Waals surface area contributed by atoms with Crippen molar-refractivity contribution in [3.8, 4) is 0 Å². The number of nitrogens with one attached hydrogen (secondary N) is 2. The van der Waals surface area contributed by atoms with E-state index in [0.717, 1.165) is 25.6 Å². The third-order valence-corrected chi connectivity index (χ3v) is 3.23. The van der Waals surface area contributed by atoms with Gasteiger partial charge in [0.15, 0.2) is 5.96 Å². The summed E-state index contributed by atoms with van der Waals surface area (Å²) in [6, 6.07) is 0. The first-order valence-corrected chi connectivity index (χ1v) is 7.48. The topological polar surface area (TPSA) is 63.5 Å². The molecule has 1 aromatic heterocycles. The van der Waals surface area contributed by atoms with E-state index in [9.17, 15) is 0 Å². The van der Waals surface area contributed by atoms with Gasteiger partial charge in [0.05, 0.1) is 19.0 Å². The summed E-state index contributed by atoms with van der Waals surface area (Å²) in [7, 11) is 1.74. The third kappa shape index (κ3) is 7.98. The Morgan fingerprint density at radius 1 is 1.36 bits per heavy atom. The number of halogens is 1. The lowest BCUT2D eigenvalue weighted by molar-refractivity contribution is 0.0241. The van der Waals surface area contributed by atoms with Gasteiger partial charge < -0.3 is 19.9 Å². The number of hydrogen-bond donors (Lipinski definition) is 2. The molecule has 0 radical (unpaired) electrons. The van der Waals surface area contributed by atoms with Crippen LogP contribution in [0.2, 0.25) is 0 Å². The minimum atomic E-state index is 0. The number of imidazole rings is 1. The summed E-state index contributed by atoms with van der Waals surface area (Å²) in [6.45, 7) is 11.7. The maximum atomic E-state index is 5.53. The average Bonchev–Trinajstić information content (AvgIpc) is 2.91. The highest BCUT2D eigenvalue weighted by molar-refractivity contribution is 14.0. The van der Waals surface area contributed by atoms with Crippen molar-refractivity contribution in [3.05, 3.63) is 18.7 Å². The Morgan fingerprint density at radius 3 is 2.59 bits per heavy atom. The summed E-state index contributed by atoms with van der Waals surface area (Å²) >= 11 is 0. The molecule has 128 valence electrons. The molecule has 0 aliphatic carbocycles. The maximum Gasteiger partial charge on any atom is 0.191 e. The summed E-state index contributed by atoms with van der Waals surface area (Å²) < 4.78 is 7.56. The van der Waals surface area contributed by atoms with Gasteiger partial charge in [0.2, 0.25) is 0 Å². The summed E-state index contributed by atoms with van der Waals surface area (Å²) in [5.41, 5.74) is 0.0758. The van der Waals surface area contributed by atoms with Crippen LogP contribution in [0.1, 0.15) is 27.7 Å². The van der Waals surface area contributed by atoms with E-state index in [0.29, 0.717) is 6.54 Å². The normalized spacial score (nSPS) is 13.4. The zero-order valence-electron chi connectivity index (χ0n) is 14.3. The molecule has 1 unspecified atom stereocenters. The fourth-order valence-electron chi connectivity index (χ4n) is 1.94. The SMILES string of the molecule is CCNC(=NCC(OC)C(C)(C)C)NCCn1ccnc1.I. The number of methoxy groups -OCH3 is 1. The monoisotopic (exact) mass is 423 g/mol. The van der Waals surface area contributed by atoms with Crippen molar-refractivity contribution in [1.82, 2.24) is 20.2 Å². The van der Waals surface area contributed by atoms with Crippen molar-refractivity contribution < 1.29 is 4.74 Å². The van der Waals surface area contributed by atoms with E-state index in [1.54, 1.807) is 13.3 Å². The molecular weight excluding hydrogens is 393 g/mol. The highest BCUT2D eigenvalue weighted by Crippen LogP contribution is 2.21. The van der Waals surface area contributed by atoms with Gasteiger partial charge >= 0.3 is 0 Å². The average molecular weight is 423 g/mol. The van der Waals surface area contributed by atoms with Gasteiger partial charge in [-0.1, -0.05) is 20.8 Å². The molecule has 0 saturated heterocycles. The standard InChI is InChI=1S/C15H29N5O.HI/c1-6-17-14(18-8-10-20-9-7-16-12-20)19-11-13(21-5)15(2,3)4;/h7,9,12-13H,6,8,10-11H2,1-5H3,(H2,17,18,19);1H. The van der Waals surface area contributed by atoms with Crippen molar-refractivity contribution in [3.63, 3.8) is 0 Å². The van der Waals surface area contributed by atoms with Crippen LogP contribution >= 0.6 is 24.0 Å². The second-order valence-corrected chi connectivity index (χ2v) is 6.04. The highest BCUT2D eigenvalue weighted by atomic mass is 127. The Bertz CT molecular complexity index is 414. The smallest absolute Gasteiger partial charge is 0.191 e. The zero-order valence-corrected chi connectivity index (χ0v) is 16.6. The molecule has 1 aromatic rings. The van der Waals surface area contributed by atoms with Crippen molar-refractivity contribution in [2.45, 2.75) is 40.3 Å². The number of rotatable bonds is 7. The molecule has 1 heterocycles. The molecule has 22 heavy (non-hydrogen) atoms. The summed E-state index contributed by atoms with van der Waals surface area (Å²) in [5.74, 6) is 0.823. The molecule has 6 nitrogen and oxygen atoms in total. The van der Waals surface area contributed by atoms with E-state index >= 15 is 0 Å². The highest BCUT2D eigenvalue weighted by Gasteiger charge is 2.23. The predicted octanol–water partition coefficient (Wildman–Crippen LogP) is 2.12. The second-order valence-electron chi connectivity index (χ2n) is 6.04. The molecule has 7 heteroatoms. The molecule has 0 fully saturated rings. The predicted molar refractivity (Wildman–Crippen MR) is 102 cm³/mol. The number of ether oxygens (including phenoxy) is 1. The first kappa shape index (κ1) is 21.2. The van der Waals surface area contributed by atoms with Gasteiger partial charge in [-0.3, -0.25) is 4.99 Å². The second kappa shape index (κ2) is 10.8. The molecule has 0 aromatic carbocycles. The van der Waals surface area contributed by atoms with Crippen molar-refractivity contribution in [1.29, 1.82) is 0 Å². The molecule has 0 spiro atoms. The summed E-state index contributed by atoms with van der Waals surface area (Å²) in [4.78, 5) is 8.64. The zero-order chi connectivity index (χ0) is 15.7. The van der Waals surface area contributed by atoms with Crippen LogP contribution < -0.4 is 10.6 Å². The van der Waals surface area contributed by atoms with E-state index in [4.69, 9.17) is 4.74 Å². The quantitative estimate of drug-likeness (QED) is 0.401. The molecule has 0 saturated carbocycles. The van der Waals surface area contributed by atoms with Crippen LogP contribution in [0.3, 0.4) is 0 Å². The maximum absolute atomic E-state index is 5.53. The lowest BCUT2D eigenvalue weighted by Gasteiger charge is -2.28. The van der Waals surface area contributed by atoms with Gasteiger partial charge in [-0.2, -0.15) is 0 Å². The lowest BCUT2D eigenvalue weighted by atomic mass is 9.89. The summed E-state index contributed by atoms with van der Waals surface area (Å²) in [5, 5.41) is 6.58. The van der Waals surface area contributed by atoms with Crippen LogP contribution in [-0.4, -0.2) is 48.4 Å². The van der Waals surface area contributed by atoms with Crippen LogP contribution in [0, 0.1) is 5.41 Å². The van der Waals surface area contributed by atoms with Crippen LogP contribution in [0.25, 0.3) is 0 Å². The number of hydrogen-bond acceptors (Lipinski definition) is 3. The number of guanidine groups is 1. The van der Waals surface area contributed by atoms with Crippen molar-refractivity contribution >= 4 is 29.9 Å². The molecule has 0 aliphatic heterocycles. The van der Waals surface area contributed by atoms with Crippen molar-refractivity contribution in [2.75, 3.05) is 26.7 Å². The first-order valence-electron chi connectivity index (χ1n) is 7.48. The molecule has 0 bridgehead atoms. The van der Waals surface area contributed by atoms with Crippen LogP contribution in [-0.2, 0) is 11.3 Å². The van der Waals surface area contributed by atoms with Gasteiger partial charge in [0, 0.05) is 39.1 Å². The minimum absolute atomic E-state index is 0. The number of aromatic nitrogens is 2. The Balaban J connectivity index is 0.00000441. The van der Waals surface area contributed by atoms with Crippen LogP contribution in [0.5, 0.6) is 0 Å². The molecule has 0 aliphatic rings. The fraction of sp³-hybridized carbons (Fsp3) is 0.733. The van der Waals surface area contributed by atoms with E-state index in [1.807, 2.05) is 17.1 Å². The molecule has 0 amide bonds. The number of nitrogens with zero attached hydrogens (tertiary/aromatic N) is 3. The molecule has 1 rings (SSSR count). The van der Waals surface area contributed by atoms with E-state index < -0.39 is 0 Å².